The first-order chi connectivity index (χ1) is 18.4. The van der Waals surface area contributed by atoms with Crippen LogP contribution in [-0.2, 0) is 19.6 Å². The highest BCUT2D eigenvalue weighted by atomic mass is 16.5. The van der Waals surface area contributed by atoms with Gasteiger partial charge in [0.25, 0.3) is 0 Å². The summed E-state index contributed by atoms with van der Waals surface area (Å²) in [4.78, 5) is 24.4. The van der Waals surface area contributed by atoms with Crippen molar-refractivity contribution in [2.75, 3.05) is 39.6 Å². The third kappa shape index (κ3) is 6.68. The molecule has 0 radical (unpaired) electrons. The van der Waals surface area contributed by atoms with Gasteiger partial charge in [0.2, 0.25) is 0 Å². The number of rotatable bonds is 3. The fraction of sp³-hybridized carbons (Fsp3) is 0.429. The number of aromatic nitrogens is 6. The van der Waals surface area contributed by atoms with E-state index in [4.69, 9.17) is 14.2 Å². The smallest absolute Gasteiger partial charge is 0.116 e. The molecule has 3 aliphatic heterocycles. The van der Waals surface area contributed by atoms with E-state index in [0.29, 0.717) is 18.6 Å². The molecule has 1 saturated heterocycles. The van der Waals surface area contributed by atoms with E-state index in [1.54, 1.807) is 31.4 Å². The molecule has 2 atom stereocenters. The SMILES string of the molecule is C1=C(c2ccncn2)CCOC1.C1=C(c2ccncn2)CCOC1.c1cc(C23CCOCC2C3)ncn1. The maximum atomic E-state index is 5.43. The van der Waals surface area contributed by atoms with Crippen molar-refractivity contribution in [3.63, 3.8) is 0 Å². The lowest BCUT2D eigenvalue weighted by atomic mass is 9.94. The minimum atomic E-state index is 0.362. The number of fused-ring (bicyclic) bond motifs is 1. The fourth-order valence-corrected chi connectivity index (χ4v) is 4.89. The molecular formula is C28H32N6O3. The van der Waals surface area contributed by atoms with E-state index in [0.717, 1.165) is 63.0 Å². The zero-order valence-corrected chi connectivity index (χ0v) is 20.9. The van der Waals surface area contributed by atoms with E-state index in [-0.39, 0.29) is 0 Å². The molecule has 0 amide bonds. The van der Waals surface area contributed by atoms with Crippen LogP contribution in [0.2, 0.25) is 0 Å². The van der Waals surface area contributed by atoms with Crippen molar-refractivity contribution >= 4 is 11.1 Å². The van der Waals surface area contributed by atoms with Crippen molar-refractivity contribution in [1.29, 1.82) is 0 Å². The second-order valence-corrected chi connectivity index (χ2v) is 9.27. The Kier molecular flexibility index (Phi) is 8.68. The van der Waals surface area contributed by atoms with Crippen LogP contribution in [-0.4, -0.2) is 69.5 Å². The van der Waals surface area contributed by atoms with Gasteiger partial charge in [0.1, 0.15) is 19.0 Å². The third-order valence-electron chi connectivity index (χ3n) is 7.08. The lowest BCUT2D eigenvalue weighted by Gasteiger charge is -2.21. The first kappa shape index (κ1) is 25.3. The van der Waals surface area contributed by atoms with Gasteiger partial charge >= 0.3 is 0 Å². The molecule has 2 fully saturated rings. The molecule has 0 aromatic carbocycles. The molecule has 0 N–H and O–H groups in total. The highest BCUT2D eigenvalue weighted by Crippen LogP contribution is 2.57. The van der Waals surface area contributed by atoms with Gasteiger partial charge in [0.15, 0.2) is 0 Å². The van der Waals surface area contributed by atoms with Crippen molar-refractivity contribution in [3.05, 3.63) is 85.0 Å². The third-order valence-corrected chi connectivity index (χ3v) is 7.08. The monoisotopic (exact) mass is 500 g/mol. The lowest BCUT2D eigenvalue weighted by Crippen LogP contribution is -2.22. The second kappa shape index (κ2) is 12.7. The van der Waals surface area contributed by atoms with Crippen LogP contribution in [0.3, 0.4) is 0 Å². The van der Waals surface area contributed by atoms with E-state index in [1.165, 1.54) is 23.3 Å². The minimum Gasteiger partial charge on any atom is -0.381 e. The molecule has 37 heavy (non-hydrogen) atoms. The molecule has 9 heteroatoms. The van der Waals surface area contributed by atoms with Gasteiger partial charge in [-0.1, -0.05) is 12.2 Å². The highest BCUT2D eigenvalue weighted by Gasteiger charge is 2.57. The molecular weight excluding hydrogens is 468 g/mol. The zero-order valence-electron chi connectivity index (χ0n) is 20.9. The first-order valence-electron chi connectivity index (χ1n) is 12.8. The lowest BCUT2D eigenvalue weighted by molar-refractivity contribution is 0.0794. The Morgan fingerprint density at radius 3 is 1.73 bits per heavy atom. The van der Waals surface area contributed by atoms with Gasteiger partial charge in [-0.15, -0.1) is 0 Å². The molecule has 4 aliphatic rings. The number of hydrogen-bond acceptors (Lipinski definition) is 9. The first-order valence-corrected chi connectivity index (χ1v) is 12.8. The van der Waals surface area contributed by atoms with Gasteiger partial charge in [0, 0.05) is 30.6 Å². The van der Waals surface area contributed by atoms with Crippen LogP contribution in [0.4, 0.5) is 0 Å². The van der Waals surface area contributed by atoms with E-state index >= 15 is 0 Å². The average Bonchev–Trinajstić information content (AvgIpc) is 3.77. The van der Waals surface area contributed by atoms with Crippen LogP contribution in [0, 0.1) is 5.92 Å². The van der Waals surface area contributed by atoms with Gasteiger partial charge in [-0.05, 0) is 60.9 Å². The van der Waals surface area contributed by atoms with Crippen LogP contribution < -0.4 is 0 Å². The van der Waals surface area contributed by atoms with E-state index in [1.807, 2.05) is 24.4 Å². The average molecular weight is 501 g/mol. The van der Waals surface area contributed by atoms with Gasteiger partial charge in [-0.2, -0.15) is 0 Å². The topological polar surface area (TPSA) is 105 Å². The second-order valence-electron chi connectivity index (χ2n) is 9.27. The largest absolute Gasteiger partial charge is 0.381 e. The van der Waals surface area contributed by atoms with Crippen LogP contribution >= 0.6 is 0 Å². The number of nitrogens with zero attached hydrogens (tertiary/aromatic N) is 6. The predicted molar refractivity (Wildman–Crippen MR) is 138 cm³/mol. The van der Waals surface area contributed by atoms with E-state index in [2.05, 4.69) is 42.1 Å². The summed E-state index contributed by atoms with van der Waals surface area (Å²) < 4.78 is 15.8. The summed E-state index contributed by atoms with van der Waals surface area (Å²) in [5.74, 6) is 0.719. The van der Waals surface area contributed by atoms with Crippen LogP contribution in [0.1, 0.15) is 42.8 Å². The fourth-order valence-electron chi connectivity index (χ4n) is 4.89. The Labute approximate surface area is 217 Å². The quantitative estimate of drug-likeness (QED) is 0.532. The Morgan fingerprint density at radius 1 is 0.676 bits per heavy atom. The molecule has 0 spiro atoms. The summed E-state index contributed by atoms with van der Waals surface area (Å²) >= 11 is 0. The molecule has 6 heterocycles. The highest BCUT2D eigenvalue weighted by molar-refractivity contribution is 5.63. The predicted octanol–water partition coefficient (Wildman–Crippen LogP) is 3.72. The van der Waals surface area contributed by atoms with Crippen molar-refractivity contribution in [2.45, 2.75) is 31.1 Å². The van der Waals surface area contributed by atoms with Crippen molar-refractivity contribution in [1.82, 2.24) is 29.9 Å². The summed E-state index contributed by atoms with van der Waals surface area (Å²) in [5, 5.41) is 0. The Bertz CT molecular complexity index is 1110. The zero-order chi connectivity index (χ0) is 25.2. The number of hydrogen-bond donors (Lipinski definition) is 0. The van der Waals surface area contributed by atoms with Gasteiger partial charge < -0.3 is 14.2 Å². The molecule has 192 valence electrons. The standard InChI is InChI=1S/C10H12N2O.2C9H10N2O/c1-3-11-7-12-9(1)10-2-4-13-6-8(10)5-10;2*1-4-10-7-11-9(1)8-2-5-12-6-3-8/h1,3,7-8H,2,4-6H2;2*1-2,4,7H,3,5-6H2. The Morgan fingerprint density at radius 2 is 1.27 bits per heavy atom. The van der Waals surface area contributed by atoms with E-state index < -0.39 is 0 Å². The van der Waals surface area contributed by atoms with Crippen LogP contribution in [0.15, 0.2) is 67.9 Å². The normalized spacial score (nSPS) is 24.1. The maximum absolute atomic E-state index is 5.43. The van der Waals surface area contributed by atoms with Crippen molar-refractivity contribution in [2.24, 2.45) is 5.92 Å². The molecule has 3 aromatic rings. The summed E-state index contributed by atoms with van der Waals surface area (Å²) in [6.07, 6.45) is 18.6. The van der Waals surface area contributed by atoms with Crippen molar-refractivity contribution in [3.8, 4) is 0 Å². The van der Waals surface area contributed by atoms with Crippen LogP contribution in [0.25, 0.3) is 11.1 Å². The maximum Gasteiger partial charge on any atom is 0.116 e. The van der Waals surface area contributed by atoms with E-state index in [9.17, 15) is 0 Å². The summed E-state index contributed by atoms with van der Waals surface area (Å²) in [5.41, 5.74) is 6.16. The van der Waals surface area contributed by atoms with Crippen molar-refractivity contribution < 1.29 is 14.2 Å². The summed E-state index contributed by atoms with van der Waals surface area (Å²) in [6.45, 7) is 4.83. The Balaban J connectivity index is 0.000000114. The van der Waals surface area contributed by atoms with Gasteiger partial charge in [-0.3, -0.25) is 0 Å². The Hall–Kier alpha value is -3.40. The number of ether oxygens (including phenoxy) is 3. The summed E-state index contributed by atoms with van der Waals surface area (Å²) in [6, 6.07) is 5.90. The minimum absolute atomic E-state index is 0.362. The molecule has 0 bridgehead atoms. The molecule has 3 aromatic heterocycles. The molecule has 9 nitrogen and oxygen atoms in total. The van der Waals surface area contributed by atoms with Gasteiger partial charge in [0.05, 0.1) is 50.1 Å². The molecule has 7 rings (SSSR count). The molecule has 1 saturated carbocycles. The molecule has 1 aliphatic carbocycles. The van der Waals surface area contributed by atoms with Gasteiger partial charge in [-0.25, -0.2) is 29.9 Å². The summed E-state index contributed by atoms with van der Waals surface area (Å²) in [7, 11) is 0. The molecule has 2 unspecified atom stereocenters. The van der Waals surface area contributed by atoms with Crippen LogP contribution in [0.5, 0.6) is 0 Å².